The molecule has 2 aromatic rings. The number of hydrogen-bond acceptors (Lipinski definition) is 4. The van der Waals surface area contributed by atoms with Gasteiger partial charge in [-0.2, -0.15) is 5.10 Å². The summed E-state index contributed by atoms with van der Waals surface area (Å²) in [6.45, 7) is 0. The molecular weight excluding hydrogens is 350 g/mol. The number of carbonyl (C=O) groups is 2. The minimum absolute atomic E-state index is 0.248. The van der Waals surface area contributed by atoms with Gasteiger partial charge in [-0.25, -0.2) is 10.9 Å². The van der Waals surface area contributed by atoms with Gasteiger partial charge >= 0.3 is 0 Å². The van der Waals surface area contributed by atoms with Gasteiger partial charge < -0.3 is 0 Å². The Hall–Kier alpha value is -2.51. The lowest BCUT2D eigenvalue weighted by atomic mass is 10.1. The predicted molar refractivity (Wildman–Crippen MR) is 84.9 cm³/mol. The van der Waals surface area contributed by atoms with Gasteiger partial charge in [-0.3, -0.25) is 14.8 Å². The monoisotopic (exact) mass is 361 g/mol. The molecule has 0 heterocycles. The van der Waals surface area contributed by atoms with Crippen molar-refractivity contribution in [2.45, 2.75) is 0 Å². The van der Waals surface area contributed by atoms with E-state index in [1.807, 2.05) is 24.3 Å². The van der Waals surface area contributed by atoms with Crippen molar-refractivity contribution in [2.75, 3.05) is 0 Å². The highest BCUT2D eigenvalue weighted by Crippen LogP contribution is 2.09. The molecule has 3 N–H and O–H groups in total. The van der Waals surface area contributed by atoms with E-state index in [0.29, 0.717) is 5.56 Å². The largest absolute Gasteiger partial charge is 0.288 e. The van der Waals surface area contributed by atoms with Gasteiger partial charge in [0.2, 0.25) is 0 Å². The van der Waals surface area contributed by atoms with Crippen LogP contribution in [-0.4, -0.2) is 23.2 Å². The first-order valence-electron chi connectivity index (χ1n) is 6.23. The highest BCUT2D eigenvalue weighted by molar-refractivity contribution is 9.10. The molecule has 0 bridgehead atoms. The van der Waals surface area contributed by atoms with Gasteiger partial charge in [0.05, 0.1) is 6.21 Å². The van der Waals surface area contributed by atoms with E-state index in [2.05, 4.69) is 26.5 Å². The van der Waals surface area contributed by atoms with Crippen LogP contribution in [0.5, 0.6) is 0 Å². The number of hydrogen-bond donors (Lipinski definition) is 3. The zero-order valence-electron chi connectivity index (χ0n) is 11.3. The van der Waals surface area contributed by atoms with Crippen LogP contribution in [-0.2, 0) is 0 Å². The molecule has 0 spiro atoms. The molecule has 0 aliphatic carbocycles. The molecule has 0 saturated carbocycles. The van der Waals surface area contributed by atoms with Gasteiger partial charge in [0.1, 0.15) is 0 Å². The van der Waals surface area contributed by atoms with Crippen LogP contribution in [0.3, 0.4) is 0 Å². The van der Waals surface area contributed by atoms with Crippen LogP contribution in [0.15, 0.2) is 58.1 Å². The Kier molecular flexibility index (Phi) is 5.40. The number of nitrogens with zero attached hydrogens (tertiary/aromatic N) is 1. The summed E-state index contributed by atoms with van der Waals surface area (Å²) in [5, 5.41) is 12.4. The van der Waals surface area contributed by atoms with Crippen molar-refractivity contribution in [3.8, 4) is 0 Å². The Labute approximate surface area is 134 Å². The van der Waals surface area contributed by atoms with E-state index < -0.39 is 11.8 Å². The van der Waals surface area contributed by atoms with Gasteiger partial charge in [-0.1, -0.05) is 28.1 Å². The van der Waals surface area contributed by atoms with Crippen LogP contribution in [0.4, 0.5) is 0 Å². The molecule has 0 aliphatic rings. The van der Waals surface area contributed by atoms with E-state index in [1.165, 1.54) is 36.0 Å². The van der Waals surface area contributed by atoms with E-state index in [4.69, 9.17) is 5.21 Å². The fourth-order valence-corrected chi connectivity index (χ4v) is 1.88. The Morgan fingerprint density at radius 2 is 1.50 bits per heavy atom. The van der Waals surface area contributed by atoms with Crippen molar-refractivity contribution in [3.63, 3.8) is 0 Å². The molecular formula is C15H12BrN3O3. The van der Waals surface area contributed by atoms with Crippen molar-refractivity contribution >= 4 is 34.0 Å². The average Bonchev–Trinajstić information content (AvgIpc) is 2.56. The molecule has 112 valence electrons. The molecule has 0 radical (unpaired) electrons. The van der Waals surface area contributed by atoms with E-state index in [0.717, 1.165) is 10.0 Å². The molecule has 0 aromatic heterocycles. The van der Waals surface area contributed by atoms with E-state index in [9.17, 15) is 9.59 Å². The smallest absolute Gasteiger partial charge is 0.274 e. The van der Waals surface area contributed by atoms with Gasteiger partial charge in [0.25, 0.3) is 11.8 Å². The predicted octanol–water partition coefficient (Wildman–Crippen LogP) is 2.33. The Bertz CT molecular complexity index is 697. The third-order valence-corrected chi connectivity index (χ3v) is 3.29. The SMILES string of the molecule is O=C(NO)c1ccc(C(=O)N/N=C/c2ccc(Br)cc2)cc1. The summed E-state index contributed by atoms with van der Waals surface area (Å²) in [6, 6.07) is 13.2. The molecule has 7 heteroatoms. The number of rotatable bonds is 4. The van der Waals surface area contributed by atoms with E-state index in [-0.39, 0.29) is 5.56 Å². The Balaban J connectivity index is 1.97. The van der Waals surface area contributed by atoms with Crippen molar-refractivity contribution < 1.29 is 14.8 Å². The van der Waals surface area contributed by atoms with Gasteiger partial charge in [-0.15, -0.1) is 0 Å². The molecule has 6 nitrogen and oxygen atoms in total. The zero-order valence-corrected chi connectivity index (χ0v) is 12.9. The van der Waals surface area contributed by atoms with Crippen molar-refractivity contribution in [1.29, 1.82) is 0 Å². The maximum absolute atomic E-state index is 11.9. The molecule has 22 heavy (non-hydrogen) atoms. The number of hydrazone groups is 1. The van der Waals surface area contributed by atoms with E-state index >= 15 is 0 Å². The maximum atomic E-state index is 11.9. The third-order valence-electron chi connectivity index (χ3n) is 2.76. The lowest BCUT2D eigenvalue weighted by Crippen LogP contribution is -2.20. The molecule has 2 rings (SSSR count). The number of benzene rings is 2. The minimum Gasteiger partial charge on any atom is -0.288 e. The third kappa shape index (κ3) is 4.24. The second-order valence-electron chi connectivity index (χ2n) is 4.27. The Morgan fingerprint density at radius 1 is 0.955 bits per heavy atom. The summed E-state index contributed by atoms with van der Waals surface area (Å²) in [4.78, 5) is 23.0. The molecule has 0 fully saturated rings. The van der Waals surface area contributed by atoms with Gasteiger partial charge in [-0.05, 0) is 42.0 Å². The van der Waals surface area contributed by atoms with E-state index in [1.54, 1.807) is 0 Å². The van der Waals surface area contributed by atoms with Crippen molar-refractivity contribution in [3.05, 3.63) is 69.7 Å². The fraction of sp³-hybridized carbons (Fsp3) is 0. The van der Waals surface area contributed by atoms with Crippen molar-refractivity contribution in [2.24, 2.45) is 5.10 Å². The first-order valence-corrected chi connectivity index (χ1v) is 7.03. The number of amides is 2. The number of hydroxylamine groups is 1. The summed E-state index contributed by atoms with van der Waals surface area (Å²) in [5.74, 6) is -1.04. The van der Waals surface area contributed by atoms with Crippen LogP contribution in [0.25, 0.3) is 0 Å². The molecule has 2 amide bonds. The second kappa shape index (κ2) is 7.48. The van der Waals surface area contributed by atoms with Crippen LogP contribution >= 0.6 is 15.9 Å². The molecule has 0 aliphatic heterocycles. The molecule has 0 unspecified atom stereocenters. The molecule has 2 aromatic carbocycles. The van der Waals surface area contributed by atoms with Crippen LogP contribution in [0.2, 0.25) is 0 Å². The zero-order chi connectivity index (χ0) is 15.9. The summed E-state index contributed by atoms with van der Waals surface area (Å²) < 4.78 is 0.959. The lowest BCUT2D eigenvalue weighted by Gasteiger charge is -2.02. The van der Waals surface area contributed by atoms with Gasteiger partial charge in [0.15, 0.2) is 0 Å². The van der Waals surface area contributed by atoms with Crippen LogP contribution < -0.4 is 10.9 Å². The number of nitrogens with one attached hydrogen (secondary N) is 2. The number of carbonyl (C=O) groups excluding carboxylic acids is 2. The quantitative estimate of drug-likeness (QED) is 0.443. The first-order chi connectivity index (χ1) is 10.6. The summed E-state index contributed by atoms with van der Waals surface area (Å²) in [6.07, 6.45) is 1.53. The highest BCUT2D eigenvalue weighted by Gasteiger charge is 2.07. The fourth-order valence-electron chi connectivity index (χ4n) is 1.62. The summed E-state index contributed by atoms with van der Waals surface area (Å²) in [7, 11) is 0. The normalized spacial score (nSPS) is 10.5. The molecule has 0 atom stereocenters. The Morgan fingerprint density at radius 3 is 2.05 bits per heavy atom. The molecule has 0 saturated heterocycles. The standard InChI is InChI=1S/C15H12BrN3O3/c16-13-7-1-10(2-8-13)9-17-18-14(20)11-3-5-12(6-4-11)15(21)19-22/h1-9,22H,(H,18,20)(H,19,21)/b17-9+. The highest BCUT2D eigenvalue weighted by atomic mass is 79.9. The summed E-state index contributed by atoms with van der Waals surface area (Å²) in [5.41, 5.74) is 5.36. The summed E-state index contributed by atoms with van der Waals surface area (Å²) >= 11 is 3.33. The van der Waals surface area contributed by atoms with Gasteiger partial charge in [0, 0.05) is 15.6 Å². The van der Waals surface area contributed by atoms with Crippen LogP contribution in [0, 0.1) is 0 Å². The van der Waals surface area contributed by atoms with Crippen molar-refractivity contribution in [1.82, 2.24) is 10.9 Å². The topological polar surface area (TPSA) is 90.8 Å². The maximum Gasteiger partial charge on any atom is 0.274 e. The lowest BCUT2D eigenvalue weighted by molar-refractivity contribution is 0.0706. The van der Waals surface area contributed by atoms with Crippen LogP contribution in [0.1, 0.15) is 26.3 Å². The minimum atomic E-state index is -0.639. The number of halogens is 1. The first kappa shape index (κ1) is 15.9. The second-order valence-corrected chi connectivity index (χ2v) is 5.18. The average molecular weight is 362 g/mol.